The minimum atomic E-state index is -0.373. The van der Waals surface area contributed by atoms with Crippen molar-refractivity contribution >= 4 is 17.7 Å². The molecule has 0 radical (unpaired) electrons. The molecule has 1 rings (SSSR count). The lowest BCUT2D eigenvalue weighted by molar-refractivity contribution is 0.0955. The van der Waals surface area contributed by atoms with Crippen molar-refractivity contribution in [2.24, 2.45) is 0 Å². The molecule has 0 aliphatic heterocycles. The quantitative estimate of drug-likeness (QED) is 0.486. The Labute approximate surface area is 160 Å². The molecule has 0 aliphatic rings. The molecule has 27 heavy (non-hydrogen) atoms. The highest BCUT2D eigenvalue weighted by atomic mass is 16.2. The first-order chi connectivity index (χ1) is 12.9. The van der Waals surface area contributed by atoms with Crippen molar-refractivity contribution in [3.63, 3.8) is 0 Å². The van der Waals surface area contributed by atoms with Gasteiger partial charge < -0.3 is 16.0 Å². The summed E-state index contributed by atoms with van der Waals surface area (Å²) in [5, 5.41) is 8.14. The number of rotatable bonds is 8. The number of carbonyl (C=O) groups is 3. The smallest absolute Gasteiger partial charge is 0.255 e. The fraction of sp³-hybridized carbons (Fsp3) is 0.381. The Hall–Kier alpha value is -3.07. The van der Waals surface area contributed by atoms with E-state index in [1.807, 2.05) is 6.08 Å². The molecule has 0 bridgehead atoms. The predicted octanol–water partition coefficient (Wildman–Crippen LogP) is 2.62. The van der Waals surface area contributed by atoms with Crippen LogP contribution in [0.4, 0.5) is 0 Å². The fourth-order valence-corrected chi connectivity index (χ4v) is 2.33. The van der Waals surface area contributed by atoms with Gasteiger partial charge in [0, 0.05) is 41.9 Å². The third kappa shape index (κ3) is 7.37. The van der Waals surface area contributed by atoms with Gasteiger partial charge >= 0.3 is 0 Å². The normalized spacial score (nSPS) is 10.4. The molecule has 0 spiro atoms. The minimum absolute atomic E-state index is 0.251. The number of allylic oxidation sites excluding steroid dienone is 2. The van der Waals surface area contributed by atoms with Gasteiger partial charge in [0.15, 0.2) is 0 Å². The summed E-state index contributed by atoms with van der Waals surface area (Å²) in [5.41, 5.74) is 1.48. The number of hydrogen-bond acceptors (Lipinski definition) is 3. The van der Waals surface area contributed by atoms with Crippen molar-refractivity contribution in [3.05, 3.63) is 46.7 Å². The Morgan fingerprint density at radius 2 is 1.41 bits per heavy atom. The second kappa shape index (κ2) is 11.5. The van der Waals surface area contributed by atoms with Crippen LogP contribution in [0.25, 0.3) is 0 Å². The summed E-state index contributed by atoms with van der Waals surface area (Å²) < 4.78 is 0. The van der Waals surface area contributed by atoms with Crippen LogP contribution in [0.3, 0.4) is 0 Å². The van der Waals surface area contributed by atoms with Crippen LogP contribution in [0.2, 0.25) is 0 Å². The molecule has 0 heterocycles. The molecule has 3 N–H and O–H groups in total. The Balaban J connectivity index is 3.08. The van der Waals surface area contributed by atoms with Crippen LogP contribution in [0.1, 0.15) is 71.6 Å². The van der Waals surface area contributed by atoms with E-state index in [-0.39, 0.29) is 34.4 Å². The molecule has 0 fully saturated rings. The average Bonchev–Trinajstić information content (AvgIpc) is 2.65. The molecule has 1 aromatic rings. The Morgan fingerprint density at radius 3 is 1.85 bits per heavy atom. The van der Waals surface area contributed by atoms with Gasteiger partial charge in [-0.15, -0.1) is 11.8 Å². The van der Waals surface area contributed by atoms with Crippen LogP contribution in [0.15, 0.2) is 30.0 Å². The standard InChI is InChI=1S/C21H27N3O3/c1-5-8-9-10-11-15(4)24-21(27)18-13-16(19(25)22-6-2)12-17(14-18)20(26)23-7-3/h11-14H,6-7,9-10H2,1-4H3,(H,22,25)(H,23,26)(H,24,27)/b15-11+. The Morgan fingerprint density at radius 1 is 0.926 bits per heavy atom. The van der Waals surface area contributed by atoms with Gasteiger partial charge in [-0.3, -0.25) is 14.4 Å². The van der Waals surface area contributed by atoms with E-state index in [1.165, 1.54) is 18.2 Å². The van der Waals surface area contributed by atoms with Gasteiger partial charge in [-0.1, -0.05) is 6.08 Å². The number of benzene rings is 1. The lowest BCUT2D eigenvalue weighted by Crippen LogP contribution is -2.27. The summed E-state index contributed by atoms with van der Waals surface area (Å²) >= 11 is 0. The molecule has 6 heteroatoms. The first-order valence-corrected chi connectivity index (χ1v) is 9.02. The lowest BCUT2D eigenvalue weighted by atomic mass is 10.0. The molecule has 6 nitrogen and oxygen atoms in total. The molecule has 0 saturated carbocycles. The summed E-state index contributed by atoms with van der Waals surface area (Å²) in [4.78, 5) is 36.9. The zero-order valence-corrected chi connectivity index (χ0v) is 16.4. The maximum Gasteiger partial charge on any atom is 0.255 e. The highest BCUT2D eigenvalue weighted by Gasteiger charge is 2.16. The van der Waals surface area contributed by atoms with Gasteiger partial charge in [0.25, 0.3) is 17.7 Å². The van der Waals surface area contributed by atoms with Crippen LogP contribution in [-0.4, -0.2) is 30.8 Å². The highest BCUT2D eigenvalue weighted by molar-refractivity contribution is 6.04. The summed E-state index contributed by atoms with van der Waals surface area (Å²) in [6.07, 6.45) is 3.34. The van der Waals surface area contributed by atoms with Crippen LogP contribution in [0.5, 0.6) is 0 Å². The van der Waals surface area contributed by atoms with E-state index in [2.05, 4.69) is 27.8 Å². The molecular weight excluding hydrogens is 342 g/mol. The maximum atomic E-state index is 12.6. The third-order valence-electron chi connectivity index (χ3n) is 3.60. The topological polar surface area (TPSA) is 87.3 Å². The van der Waals surface area contributed by atoms with Gasteiger partial charge in [0.1, 0.15) is 0 Å². The van der Waals surface area contributed by atoms with Crippen molar-refractivity contribution in [2.75, 3.05) is 13.1 Å². The third-order valence-corrected chi connectivity index (χ3v) is 3.60. The zero-order valence-electron chi connectivity index (χ0n) is 16.4. The molecule has 0 unspecified atom stereocenters. The second-order valence-corrected chi connectivity index (χ2v) is 5.82. The number of unbranched alkanes of at least 4 members (excludes halogenated alkanes) is 1. The number of nitrogens with one attached hydrogen (secondary N) is 3. The number of amides is 3. The van der Waals surface area contributed by atoms with Crippen molar-refractivity contribution in [1.82, 2.24) is 16.0 Å². The molecule has 0 atom stereocenters. The second-order valence-electron chi connectivity index (χ2n) is 5.82. The highest BCUT2D eigenvalue weighted by Crippen LogP contribution is 2.12. The monoisotopic (exact) mass is 369 g/mol. The van der Waals surface area contributed by atoms with Gasteiger partial charge in [0.05, 0.1) is 0 Å². The van der Waals surface area contributed by atoms with Crippen LogP contribution in [0, 0.1) is 11.8 Å². The van der Waals surface area contributed by atoms with Crippen LogP contribution in [-0.2, 0) is 0 Å². The molecular formula is C21H27N3O3. The van der Waals surface area contributed by atoms with E-state index < -0.39 is 0 Å². The lowest BCUT2D eigenvalue weighted by Gasteiger charge is -2.11. The molecule has 144 valence electrons. The minimum Gasteiger partial charge on any atom is -0.352 e. The Bertz CT molecular complexity index is 749. The van der Waals surface area contributed by atoms with Crippen LogP contribution >= 0.6 is 0 Å². The van der Waals surface area contributed by atoms with E-state index in [4.69, 9.17) is 0 Å². The van der Waals surface area contributed by atoms with Gasteiger partial charge in [-0.25, -0.2) is 0 Å². The molecule has 1 aromatic carbocycles. The summed E-state index contributed by atoms with van der Waals surface area (Å²) in [5.74, 6) is 4.74. The first kappa shape index (κ1) is 22.0. The van der Waals surface area contributed by atoms with Crippen molar-refractivity contribution in [1.29, 1.82) is 0 Å². The summed E-state index contributed by atoms with van der Waals surface area (Å²) in [7, 11) is 0. The zero-order chi connectivity index (χ0) is 20.2. The molecule has 0 saturated heterocycles. The van der Waals surface area contributed by atoms with Crippen LogP contribution < -0.4 is 16.0 Å². The van der Waals surface area contributed by atoms with E-state index in [9.17, 15) is 14.4 Å². The molecule has 0 aliphatic carbocycles. The predicted molar refractivity (Wildman–Crippen MR) is 106 cm³/mol. The van der Waals surface area contributed by atoms with E-state index in [1.54, 1.807) is 27.7 Å². The van der Waals surface area contributed by atoms with Crippen molar-refractivity contribution in [2.45, 2.75) is 40.5 Å². The van der Waals surface area contributed by atoms with Gasteiger partial charge in [0.2, 0.25) is 0 Å². The molecule has 3 amide bonds. The number of carbonyl (C=O) groups excluding carboxylic acids is 3. The fourth-order valence-electron chi connectivity index (χ4n) is 2.33. The van der Waals surface area contributed by atoms with Gasteiger partial charge in [-0.05, 0) is 52.3 Å². The van der Waals surface area contributed by atoms with Crippen molar-refractivity contribution < 1.29 is 14.4 Å². The molecule has 0 aromatic heterocycles. The van der Waals surface area contributed by atoms with E-state index in [0.717, 1.165) is 12.8 Å². The number of hydrogen-bond donors (Lipinski definition) is 3. The van der Waals surface area contributed by atoms with E-state index >= 15 is 0 Å². The first-order valence-electron chi connectivity index (χ1n) is 9.02. The maximum absolute atomic E-state index is 12.6. The van der Waals surface area contributed by atoms with E-state index in [0.29, 0.717) is 18.8 Å². The summed E-state index contributed by atoms with van der Waals surface area (Å²) in [6.45, 7) is 8.08. The van der Waals surface area contributed by atoms with Gasteiger partial charge in [-0.2, -0.15) is 0 Å². The summed E-state index contributed by atoms with van der Waals surface area (Å²) in [6, 6.07) is 4.46. The SMILES string of the molecule is CC#CCC/C=C(\C)NC(=O)c1cc(C(=O)NCC)cc(C(=O)NCC)c1. The largest absolute Gasteiger partial charge is 0.352 e. The average molecular weight is 369 g/mol. The Kier molecular flexibility index (Phi) is 9.38. The van der Waals surface area contributed by atoms with Crippen molar-refractivity contribution in [3.8, 4) is 11.8 Å².